The highest BCUT2D eigenvalue weighted by atomic mass is 79.9. The molecule has 0 unspecified atom stereocenters. The van der Waals surface area contributed by atoms with Crippen LogP contribution in [0.2, 0.25) is 0 Å². The summed E-state index contributed by atoms with van der Waals surface area (Å²) in [6.07, 6.45) is 0.317. The lowest BCUT2D eigenvalue weighted by Crippen LogP contribution is -1.99. The molecular formula is C15H13BrFNO2. The predicted octanol–water partition coefficient (Wildman–Crippen LogP) is 4.35. The third-order valence-electron chi connectivity index (χ3n) is 2.80. The molecule has 2 N–H and O–H groups in total. The highest BCUT2D eigenvalue weighted by Gasteiger charge is 2.07. The number of halogens is 2. The van der Waals surface area contributed by atoms with Gasteiger partial charge in [0.25, 0.3) is 0 Å². The van der Waals surface area contributed by atoms with Crippen LogP contribution >= 0.6 is 15.9 Å². The number of aliphatic carboxylic acids is 1. The van der Waals surface area contributed by atoms with Crippen molar-refractivity contribution in [3.63, 3.8) is 0 Å². The molecule has 20 heavy (non-hydrogen) atoms. The van der Waals surface area contributed by atoms with Crippen LogP contribution in [0.5, 0.6) is 0 Å². The molecule has 0 heterocycles. The average Bonchev–Trinajstić information content (AvgIpc) is 2.41. The molecule has 2 aromatic carbocycles. The summed E-state index contributed by atoms with van der Waals surface area (Å²) in [6, 6.07) is 12.1. The summed E-state index contributed by atoms with van der Waals surface area (Å²) in [4.78, 5) is 10.5. The number of carboxylic acid groups (broad SMARTS) is 1. The second-order valence-electron chi connectivity index (χ2n) is 4.31. The van der Waals surface area contributed by atoms with Crippen LogP contribution in [0, 0.1) is 5.82 Å². The van der Waals surface area contributed by atoms with Crippen molar-refractivity contribution in [3.05, 3.63) is 58.3 Å². The van der Waals surface area contributed by atoms with Crippen molar-refractivity contribution < 1.29 is 14.3 Å². The summed E-state index contributed by atoms with van der Waals surface area (Å²) in [5, 5.41) is 11.6. The van der Waals surface area contributed by atoms with Gasteiger partial charge in [0.15, 0.2) is 0 Å². The summed E-state index contributed by atoms with van der Waals surface area (Å²) < 4.78 is 14.8. The fraction of sp³-hybridized carbons (Fsp3) is 0.133. The standard InChI is InChI=1S/C15H13BrFNO2/c16-11-3-1-2-4-13(11)18-14-7-5-10(9-12(14)17)6-8-15(19)20/h1-5,7,9,18H,6,8H2,(H,19,20). The maximum absolute atomic E-state index is 14.0. The topological polar surface area (TPSA) is 49.3 Å². The Hall–Kier alpha value is -1.88. The number of aryl methyl sites for hydroxylation is 1. The number of rotatable bonds is 5. The molecule has 5 heteroatoms. The molecule has 0 aliphatic carbocycles. The Bertz CT molecular complexity index is 631. The highest BCUT2D eigenvalue weighted by molar-refractivity contribution is 9.10. The zero-order valence-electron chi connectivity index (χ0n) is 10.6. The van der Waals surface area contributed by atoms with E-state index >= 15 is 0 Å². The lowest BCUT2D eigenvalue weighted by Gasteiger charge is -2.10. The van der Waals surface area contributed by atoms with Gasteiger partial charge < -0.3 is 10.4 Å². The van der Waals surface area contributed by atoms with E-state index in [9.17, 15) is 9.18 Å². The monoisotopic (exact) mass is 337 g/mol. The summed E-state index contributed by atoms with van der Waals surface area (Å²) in [7, 11) is 0. The molecule has 0 amide bonds. The molecule has 0 aliphatic rings. The van der Waals surface area contributed by atoms with Crippen LogP contribution in [0.1, 0.15) is 12.0 Å². The molecule has 0 fully saturated rings. The van der Waals surface area contributed by atoms with Gasteiger partial charge >= 0.3 is 5.97 Å². The van der Waals surface area contributed by atoms with Crippen LogP contribution in [0.4, 0.5) is 15.8 Å². The van der Waals surface area contributed by atoms with Gasteiger partial charge in [0, 0.05) is 10.9 Å². The molecule has 0 saturated carbocycles. The first-order chi connectivity index (χ1) is 9.56. The molecule has 3 nitrogen and oxygen atoms in total. The minimum Gasteiger partial charge on any atom is -0.481 e. The van der Waals surface area contributed by atoms with Crippen LogP contribution in [0.3, 0.4) is 0 Å². The number of carbonyl (C=O) groups is 1. The minimum atomic E-state index is -0.888. The van der Waals surface area contributed by atoms with Crippen LogP contribution < -0.4 is 5.32 Å². The number of para-hydroxylation sites is 1. The third-order valence-corrected chi connectivity index (χ3v) is 3.50. The summed E-state index contributed by atoms with van der Waals surface area (Å²) >= 11 is 3.38. The average molecular weight is 338 g/mol. The number of carboxylic acids is 1. The lowest BCUT2D eigenvalue weighted by molar-refractivity contribution is -0.136. The quantitative estimate of drug-likeness (QED) is 0.852. The van der Waals surface area contributed by atoms with Crippen LogP contribution in [-0.2, 0) is 11.2 Å². The maximum atomic E-state index is 14.0. The maximum Gasteiger partial charge on any atom is 0.303 e. The van der Waals surface area contributed by atoms with Gasteiger partial charge in [0.2, 0.25) is 0 Å². The third kappa shape index (κ3) is 3.81. The minimum absolute atomic E-state index is 0.00352. The van der Waals surface area contributed by atoms with E-state index in [-0.39, 0.29) is 6.42 Å². The Labute approximate surface area is 124 Å². The van der Waals surface area contributed by atoms with Crippen molar-refractivity contribution in [2.45, 2.75) is 12.8 Å². The number of nitrogens with one attached hydrogen (secondary N) is 1. The molecule has 0 aliphatic heterocycles. The smallest absolute Gasteiger partial charge is 0.303 e. The van der Waals surface area contributed by atoms with Crippen LogP contribution in [0.25, 0.3) is 0 Å². The predicted molar refractivity (Wildman–Crippen MR) is 79.8 cm³/mol. The molecule has 2 aromatic rings. The Balaban J connectivity index is 2.14. The fourth-order valence-corrected chi connectivity index (χ4v) is 2.16. The van der Waals surface area contributed by atoms with Gasteiger partial charge in [-0.15, -0.1) is 0 Å². The van der Waals surface area contributed by atoms with E-state index in [1.807, 2.05) is 24.3 Å². The van der Waals surface area contributed by atoms with E-state index in [1.54, 1.807) is 12.1 Å². The highest BCUT2D eigenvalue weighted by Crippen LogP contribution is 2.27. The van der Waals surface area contributed by atoms with Crippen molar-refractivity contribution in [2.75, 3.05) is 5.32 Å². The molecule has 0 spiro atoms. The fourth-order valence-electron chi connectivity index (χ4n) is 1.77. The van der Waals surface area contributed by atoms with Crippen molar-refractivity contribution in [1.29, 1.82) is 0 Å². The van der Waals surface area contributed by atoms with Gasteiger partial charge in [-0.25, -0.2) is 4.39 Å². The van der Waals surface area contributed by atoms with Gasteiger partial charge in [-0.3, -0.25) is 4.79 Å². The second kappa shape index (κ2) is 6.52. The van der Waals surface area contributed by atoms with Crippen molar-refractivity contribution >= 4 is 33.3 Å². The first-order valence-corrected chi connectivity index (χ1v) is 6.87. The number of hydrogen-bond acceptors (Lipinski definition) is 2. The molecular weight excluding hydrogens is 325 g/mol. The summed E-state index contributed by atoms with van der Waals surface area (Å²) in [5.41, 5.74) is 1.79. The van der Waals surface area contributed by atoms with E-state index in [0.29, 0.717) is 17.7 Å². The molecule has 0 aromatic heterocycles. The molecule has 0 saturated heterocycles. The number of hydrogen-bond donors (Lipinski definition) is 2. The van der Waals surface area contributed by atoms with Crippen LogP contribution in [-0.4, -0.2) is 11.1 Å². The summed E-state index contributed by atoms with van der Waals surface area (Å²) in [5.74, 6) is -1.29. The zero-order valence-corrected chi connectivity index (χ0v) is 12.2. The number of anilines is 2. The zero-order chi connectivity index (χ0) is 14.5. The van der Waals surface area contributed by atoms with Gasteiger partial charge in [-0.1, -0.05) is 18.2 Å². The van der Waals surface area contributed by atoms with E-state index in [4.69, 9.17) is 5.11 Å². The number of benzene rings is 2. The van der Waals surface area contributed by atoms with Crippen molar-refractivity contribution in [3.8, 4) is 0 Å². The molecule has 0 bridgehead atoms. The Kier molecular flexibility index (Phi) is 4.74. The molecule has 2 rings (SSSR count). The van der Waals surface area contributed by atoms with E-state index in [1.165, 1.54) is 6.07 Å². The normalized spacial score (nSPS) is 10.3. The molecule has 104 valence electrons. The van der Waals surface area contributed by atoms with Gasteiger partial charge in [0.1, 0.15) is 5.82 Å². The Morgan fingerprint density at radius 2 is 1.95 bits per heavy atom. The van der Waals surface area contributed by atoms with Gasteiger partial charge in [0.05, 0.1) is 11.4 Å². The Morgan fingerprint density at radius 3 is 2.60 bits per heavy atom. The van der Waals surface area contributed by atoms with Gasteiger partial charge in [-0.05, 0) is 52.2 Å². The van der Waals surface area contributed by atoms with Gasteiger partial charge in [-0.2, -0.15) is 0 Å². The molecule has 0 atom stereocenters. The largest absolute Gasteiger partial charge is 0.481 e. The van der Waals surface area contributed by atoms with E-state index in [0.717, 1.165) is 10.2 Å². The van der Waals surface area contributed by atoms with Crippen molar-refractivity contribution in [2.24, 2.45) is 0 Å². The van der Waals surface area contributed by atoms with Crippen molar-refractivity contribution in [1.82, 2.24) is 0 Å². The van der Waals surface area contributed by atoms with Crippen LogP contribution in [0.15, 0.2) is 46.9 Å². The molecule has 0 radical (unpaired) electrons. The lowest BCUT2D eigenvalue weighted by atomic mass is 10.1. The first kappa shape index (κ1) is 14.5. The Morgan fingerprint density at radius 1 is 1.20 bits per heavy atom. The van der Waals surface area contributed by atoms with E-state index in [2.05, 4.69) is 21.2 Å². The van der Waals surface area contributed by atoms with E-state index < -0.39 is 11.8 Å². The second-order valence-corrected chi connectivity index (χ2v) is 5.17. The summed E-state index contributed by atoms with van der Waals surface area (Å²) in [6.45, 7) is 0. The first-order valence-electron chi connectivity index (χ1n) is 6.08. The SMILES string of the molecule is O=C(O)CCc1ccc(Nc2ccccc2Br)c(F)c1.